The van der Waals surface area contributed by atoms with Crippen LogP contribution >= 0.6 is 11.8 Å². The molecule has 1 N–H and O–H groups in total. The van der Waals surface area contributed by atoms with Crippen LogP contribution in [0.2, 0.25) is 0 Å². The molecule has 160 valence electrons. The summed E-state index contributed by atoms with van der Waals surface area (Å²) in [6.07, 6.45) is 0. The van der Waals surface area contributed by atoms with E-state index in [1.807, 2.05) is 60.7 Å². The van der Waals surface area contributed by atoms with Crippen LogP contribution in [0.1, 0.15) is 0 Å². The van der Waals surface area contributed by atoms with Gasteiger partial charge in [-0.1, -0.05) is 60.3 Å². The van der Waals surface area contributed by atoms with Gasteiger partial charge in [-0.25, -0.2) is 9.67 Å². The van der Waals surface area contributed by atoms with Crippen LogP contribution in [-0.4, -0.2) is 39.6 Å². The van der Waals surface area contributed by atoms with Gasteiger partial charge in [0.2, 0.25) is 11.1 Å². The fourth-order valence-corrected chi connectivity index (χ4v) is 3.95. The Morgan fingerprint density at radius 3 is 2.44 bits per heavy atom. The number of nitrogens with zero attached hydrogens (tertiary/aromatic N) is 3. The minimum absolute atomic E-state index is 0.149. The summed E-state index contributed by atoms with van der Waals surface area (Å²) in [4.78, 5) is 17.2. The number of rotatable bonds is 6. The highest BCUT2D eigenvalue weighted by atomic mass is 32.2. The first kappa shape index (κ1) is 20.1. The van der Waals surface area contributed by atoms with E-state index in [1.165, 1.54) is 11.8 Å². The molecule has 1 aromatic heterocycles. The molecule has 4 aromatic rings. The van der Waals surface area contributed by atoms with E-state index >= 15 is 0 Å². The van der Waals surface area contributed by atoms with Crippen LogP contribution in [0.5, 0.6) is 11.5 Å². The van der Waals surface area contributed by atoms with Crippen molar-refractivity contribution in [2.24, 2.45) is 0 Å². The zero-order chi connectivity index (χ0) is 21.8. The van der Waals surface area contributed by atoms with Gasteiger partial charge < -0.3 is 14.8 Å². The number of carbonyl (C=O) groups excluding carboxylic acids is 1. The Morgan fingerprint density at radius 1 is 0.938 bits per heavy atom. The second-order valence-electron chi connectivity index (χ2n) is 7.03. The number of aromatic nitrogens is 3. The molecule has 1 amide bonds. The molecule has 0 spiro atoms. The van der Waals surface area contributed by atoms with E-state index in [4.69, 9.17) is 14.5 Å². The Labute approximate surface area is 189 Å². The molecule has 1 aliphatic rings. The van der Waals surface area contributed by atoms with E-state index in [-0.39, 0.29) is 11.7 Å². The molecular formula is C24H20N4O3S. The molecule has 0 saturated carbocycles. The zero-order valence-corrected chi connectivity index (χ0v) is 17.9. The maximum Gasteiger partial charge on any atom is 0.234 e. The van der Waals surface area contributed by atoms with Gasteiger partial charge in [0.05, 0.1) is 11.4 Å². The molecule has 0 bridgehead atoms. The molecule has 8 heteroatoms. The van der Waals surface area contributed by atoms with Gasteiger partial charge in [0.25, 0.3) is 0 Å². The minimum Gasteiger partial charge on any atom is -0.486 e. The second-order valence-corrected chi connectivity index (χ2v) is 7.97. The molecule has 0 unspecified atom stereocenters. The highest BCUT2D eigenvalue weighted by molar-refractivity contribution is 7.99. The number of thioether (sulfide) groups is 1. The average Bonchev–Trinajstić information content (AvgIpc) is 3.28. The third-order valence-corrected chi connectivity index (χ3v) is 5.62. The van der Waals surface area contributed by atoms with Crippen LogP contribution in [0.15, 0.2) is 84.0 Å². The van der Waals surface area contributed by atoms with E-state index < -0.39 is 0 Å². The van der Waals surface area contributed by atoms with E-state index in [1.54, 1.807) is 22.9 Å². The number of para-hydroxylation sites is 1. The predicted octanol–water partition coefficient (Wildman–Crippen LogP) is 4.44. The molecule has 0 atom stereocenters. The summed E-state index contributed by atoms with van der Waals surface area (Å²) in [5.41, 5.74) is 2.52. The molecule has 2 heterocycles. The van der Waals surface area contributed by atoms with Gasteiger partial charge in [0.15, 0.2) is 17.3 Å². The molecule has 0 aliphatic carbocycles. The number of fused-ring (bicyclic) bond motifs is 1. The topological polar surface area (TPSA) is 78.3 Å². The van der Waals surface area contributed by atoms with Crippen molar-refractivity contribution >= 4 is 23.4 Å². The smallest absolute Gasteiger partial charge is 0.234 e. The van der Waals surface area contributed by atoms with Gasteiger partial charge in [-0.05, 0) is 24.3 Å². The monoisotopic (exact) mass is 444 g/mol. The summed E-state index contributed by atoms with van der Waals surface area (Å²) in [5.74, 6) is 2.09. The predicted molar refractivity (Wildman–Crippen MR) is 124 cm³/mol. The van der Waals surface area contributed by atoms with Crippen molar-refractivity contribution < 1.29 is 14.3 Å². The van der Waals surface area contributed by atoms with Gasteiger partial charge in [-0.15, -0.1) is 5.10 Å². The quantitative estimate of drug-likeness (QED) is 0.443. The lowest BCUT2D eigenvalue weighted by Crippen LogP contribution is -2.17. The number of carbonyl (C=O) groups is 1. The Morgan fingerprint density at radius 2 is 1.66 bits per heavy atom. The fraction of sp³-hybridized carbons (Fsp3) is 0.125. The van der Waals surface area contributed by atoms with Gasteiger partial charge in [-0.3, -0.25) is 4.79 Å². The summed E-state index contributed by atoms with van der Waals surface area (Å²) in [7, 11) is 0. The first-order valence-corrected chi connectivity index (χ1v) is 11.1. The number of hydrogen-bond donors (Lipinski definition) is 1. The van der Waals surface area contributed by atoms with Crippen molar-refractivity contribution in [3.8, 4) is 28.6 Å². The number of amides is 1. The molecule has 1 aliphatic heterocycles. The molecule has 3 aromatic carbocycles. The highest BCUT2D eigenvalue weighted by Gasteiger charge is 2.16. The van der Waals surface area contributed by atoms with Crippen LogP contribution in [0, 0.1) is 0 Å². The highest BCUT2D eigenvalue weighted by Crippen LogP contribution is 2.32. The van der Waals surface area contributed by atoms with E-state index in [0.717, 1.165) is 17.1 Å². The third kappa shape index (κ3) is 4.45. The van der Waals surface area contributed by atoms with Crippen molar-refractivity contribution in [3.63, 3.8) is 0 Å². The molecule has 32 heavy (non-hydrogen) atoms. The lowest BCUT2D eigenvalue weighted by molar-refractivity contribution is -0.113. The Bertz CT molecular complexity index is 1170. The molecular weight excluding hydrogens is 424 g/mol. The van der Waals surface area contributed by atoms with Crippen molar-refractivity contribution in [2.75, 3.05) is 24.3 Å². The summed E-state index contributed by atoms with van der Waals surface area (Å²) < 4.78 is 12.9. The number of anilines is 1. The minimum atomic E-state index is -0.149. The van der Waals surface area contributed by atoms with Gasteiger partial charge in [0, 0.05) is 17.3 Å². The van der Waals surface area contributed by atoms with Crippen molar-refractivity contribution in [1.82, 2.24) is 14.8 Å². The lowest BCUT2D eigenvalue weighted by atomic mass is 10.2. The summed E-state index contributed by atoms with van der Waals surface area (Å²) in [6.45, 7) is 1.03. The second kappa shape index (κ2) is 9.15. The fourth-order valence-electron chi connectivity index (χ4n) is 3.33. The number of hydrogen-bond acceptors (Lipinski definition) is 6. The first-order valence-electron chi connectivity index (χ1n) is 10.2. The van der Waals surface area contributed by atoms with Gasteiger partial charge in [-0.2, -0.15) is 0 Å². The van der Waals surface area contributed by atoms with Crippen LogP contribution in [0.4, 0.5) is 5.69 Å². The Hall–Kier alpha value is -3.78. The van der Waals surface area contributed by atoms with Crippen LogP contribution in [-0.2, 0) is 4.79 Å². The van der Waals surface area contributed by atoms with Gasteiger partial charge in [0.1, 0.15) is 13.2 Å². The maximum absolute atomic E-state index is 12.5. The molecule has 0 fully saturated rings. The average molecular weight is 445 g/mol. The standard InChI is InChI=1S/C24H20N4O3S/c29-22(25-18-11-12-20-21(15-18)31-14-13-30-20)16-32-24-26-23(17-7-3-1-4-8-17)28(27-24)19-9-5-2-6-10-19/h1-12,15H,13-14,16H2,(H,25,29). The summed E-state index contributed by atoms with van der Waals surface area (Å²) in [5, 5.41) is 8.07. The number of benzene rings is 3. The van der Waals surface area contributed by atoms with Crippen LogP contribution in [0.3, 0.4) is 0 Å². The van der Waals surface area contributed by atoms with E-state index in [0.29, 0.717) is 35.6 Å². The third-order valence-electron chi connectivity index (χ3n) is 4.78. The summed E-state index contributed by atoms with van der Waals surface area (Å²) >= 11 is 1.29. The molecule has 0 saturated heterocycles. The van der Waals surface area contributed by atoms with Crippen molar-refractivity contribution in [1.29, 1.82) is 0 Å². The van der Waals surface area contributed by atoms with Crippen molar-refractivity contribution in [2.45, 2.75) is 5.16 Å². The van der Waals surface area contributed by atoms with Crippen LogP contribution < -0.4 is 14.8 Å². The number of nitrogens with one attached hydrogen (secondary N) is 1. The number of ether oxygens (including phenoxy) is 2. The van der Waals surface area contributed by atoms with Crippen LogP contribution in [0.25, 0.3) is 17.1 Å². The van der Waals surface area contributed by atoms with Gasteiger partial charge >= 0.3 is 0 Å². The SMILES string of the molecule is O=C(CSc1nc(-c2ccccc2)n(-c2ccccc2)n1)Nc1ccc2c(c1)OCCO2. The lowest BCUT2D eigenvalue weighted by Gasteiger charge is -2.18. The van der Waals surface area contributed by atoms with E-state index in [9.17, 15) is 4.79 Å². The molecule has 0 radical (unpaired) electrons. The summed E-state index contributed by atoms with van der Waals surface area (Å²) in [6, 6.07) is 25.1. The normalized spacial score (nSPS) is 12.4. The Balaban J connectivity index is 1.31. The van der Waals surface area contributed by atoms with Crippen molar-refractivity contribution in [3.05, 3.63) is 78.9 Å². The molecule has 7 nitrogen and oxygen atoms in total. The zero-order valence-electron chi connectivity index (χ0n) is 17.1. The van der Waals surface area contributed by atoms with E-state index in [2.05, 4.69) is 10.4 Å². The maximum atomic E-state index is 12.5. The first-order chi connectivity index (χ1) is 15.8. The molecule has 5 rings (SSSR count). The largest absolute Gasteiger partial charge is 0.486 e. The Kier molecular flexibility index (Phi) is 5.76.